The molecule has 1 rings (SSSR count). The largest absolute Gasteiger partial charge is 0.492 e. The zero-order chi connectivity index (χ0) is 12.7. The maximum Gasteiger partial charge on any atom is 0.239 e. The van der Waals surface area contributed by atoms with E-state index in [-0.39, 0.29) is 18.8 Å². The molecule has 0 aliphatic carbocycles. The molecule has 0 aliphatic rings. The van der Waals surface area contributed by atoms with Gasteiger partial charge in [-0.1, -0.05) is 0 Å². The van der Waals surface area contributed by atoms with Gasteiger partial charge < -0.3 is 10.1 Å². The molecule has 0 bridgehead atoms. The Kier molecular flexibility index (Phi) is 5.83. The Morgan fingerprint density at radius 3 is 2.71 bits per heavy atom. The van der Waals surface area contributed by atoms with Crippen LogP contribution in [-0.2, 0) is 0 Å². The van der Waals surface area contributed by atoms with Gasteiger partial charge in [-0.15, -0.1) is 0 Å². The molecule has 0 unspecified atom stereocenters. The van der Waals surface area contributed by atoms with Crippen molar-refractivity contribution >= 4 is 0 Å². The number of hydrogen-bond acceptors (Lipinski definition) is 2. The van der Waals surface area contributed by atoms with Crippen LogP contribution in [0.4, 0.5) is 13.2 Å². The van der Waals surface area contributed by atoms with E-state index in [0.29, 0.717) is 18.9 Å². The highest BCUT2D eigenvalue weighted by molar-refractivity contribution is 5.32. The number of ether oxygens (including phenoxy) is 1. The SMILES string of the molecule is Cc1cc(F)ccc1OCCNCCC(F)F. The van der Waals surface area contributed by atoms with E-state index in [1.807, 2.05) is 0 Å². The topological polar surface area (TPSA) is 21.3 Å². The molecular formula is C12H16F3NO. The minimum Gasteiger partial charge on any atom is -0.492 e. The summed E-state index contributed by atoms with van der Waals surface area (Å²) in [5.41, 5.74) is 0.720. The van der Waals surface area contributed by atoms with Crippen molar-refractivity contribution in [2.24, 2.45) is 0 Å². The number of halogens is 3. The van der Waals surface area contributed by atoms with Crippen LogP contribution in [0.1, 0.15) is 12.0 Å². The van der Waals surface area contributed by atoms with Gasteiger partial charge in [-0.2, -0.15) is 0 Å². The number of nitrogens with one attached hydrogen (secondary N) is 1. The van der Waals surface area contributed by atoms with Gasteiger partial charge in [-0.05, 0) is 30.7 Å². The minimum atomic E-state index is -2.28. The van der Waals surface area contributed by atoms with Crippen LogP contribution in [0.25, 0.3) is 0 Å². The number of rotatable bonds is 7. The van der Waals surface area contributed by atoms with Crippen LogP contribution >= 0.6 is 0 Å². The predicted octanol–water partition coefficient (Wildman–Crippen LogP) is 2.76. The van der Waals surface area contributed by atoms with Gasteiger partial charge >= 0.3 is 0 Å². The van der Waals surface area contributed by atoms with Gasteiger partial charge in [0.05, 0.1) is 0 Å². The van der Waals surface area contributed by atoms with Gasteiger partial charge in [0.2, 0.25) is 6.43 Å². The second kappa shape index (κ2) is 7.17. The van der Waals surface area contributed by atoms with Crippen molar-refractivity contribution in [3.8, 4) is 5.75 Å². The number of aryl methyl sites for hydroxylation is 1. The minimum absolute atomic E-state index is 0.157. The summed E-state index contributed by atoms with van der Waals surface area (Å²) in [4.78, 5) is 0. The van der Waals surface area contributed by atoms with Crippen molar-refractivity contribution in [2.75, 3.05) is 19.7 Å². The third-order valence-corrected chi connectivity index (χ3v) is 2.21. The summed E-state index contributed by atoms with van der Waals surface area (Å²) in [5.74, 6) is 0.312. The summed E-state index contributed by atoms with van der Waals surface area (Å²) in [6, 6.07) is 4.27. The van der Waals surface area contributed by atoms with Gasteiger partial charge in [0.15, 0.2) is 0 Å². The molecule has 0 amide bonds. The van der Waals surface area contributed by atoms with Gasteiger partial charge in [0.25, 0.3) is 0 Å². The average Bonchev–Trinajstić information content (AvgIpc) is 2.25. The molecule has 1 aromatic carbocycles. The van der Waals surface area contributed by atoms with Gasteiger partial charge in [0.1, 0.15) is 18.2 Å². The lowest BCUT2D eigenvalue weighted by Gasteiger charge is -2.09. The van der Waals surface area contributed by atoms with Crippen LogP contribution in [0.15, 0.2) is 18.2 Å². The molecule has 0 saturated heterocycles. The van der Waals surface area contributed by atoms with Crippen molar-refractivity contribution in [2.45, 2.75) is 19.8 Å². The summed E-state index contributed by atoms with van der Waals surface area (Å²) in [6.45, 7) is 2.88. The Balaban J connectivity index is 2.18. The molecule has 0 saturated carbocycles. The molecule has 2 nitrogen and oxygen atoms in total. The molecule has 0 aromatic heterocycles. The first-order valence-electron chi connectivity index (χ1n) is 5.47. The number of hydrogen-bond donors (Lipinski definition) is 1. The smallest absolute Gasteiger partial charge is 0.239 e. The van der Waals surface area contributed by atoms with Gasteiger partial charge in [0, 0.05) is 19.5 Å². The fraction of sp³-hybridized carbons (Fsp3) is 0.500. The highest BCUT2D eigenvalue weighted by atomic mass is 19.3. The molecule has 5 heteroatoms. The van der Waals surface area contributed by atoms with E-state index in [2.05, 4.69) is 5.32 Å². The van der Waals surface area contributed by atoms with Crippen LogP contribution in [0.3, 0.4) is 0 Å². The van der Waals surface area contributed by atoms with Crippen molar-refractivity contribution in [3.05, 3.63) is 29.6 Å². The first-order valence-corrected chi connectivity index (χ1v) is 5.47. The third kappa shape index (κ3) is 5.58. The highest BCUT2D eigenvalue weighted by Gasteiger charge is 2.02. The van der Waals surface area contributed by atoms with Crippen molar-refractivity contribution in [1.82, 2.24) is 5.32 Å². The molecule has 96 valence electrons. The van der Waals surface area contributed by atoms with E-state index in [4.69, 9.17) is 4.74 Å². The molecule has 1 aromatic rings. The van der Waals surface area contributed by atoms with Crippen molar-refractivity contribution in [1.29, 1.82) is 0 Å². The average molecular weight is 247 g/mol. The summed E-state index contributed by atoms with van der Waals surface area (Å²) in [5, 5.41) is 2.84. The lowest BCUT2D eigenvalue weighted by molar-refractivity contribution is 0.137. The molecule has 0 aliphatic heterocycles. The standard InChI is InChI=1S/C12H16F3NO/c1-9-8-10(13)2-3-11(9)17-7-6-16-5-4-12(14)15/h2-3,8,12,16H,4-7H2,1H3. The molecule has 0 atom stereocenters. The first-order chi connectivity index (χ1) is 8.09. The Morgan fingerprint density at radius 2 is 2.06 bits per heavy atom. The normalized spacial score (nSPS) is 10.9. The van der Waals surface area contributed by atoms with Crippen LogP contribution in [0, 0.1) is 12.7 Å². The Labute approximate surface area is 98.8 Å². The molecule has 17 heavy (non-hydrogen) atoms. The van der Waals surface area contributed by atoms with E-state index in [1.54, 1.807) is 13.0 Å². The Morgan fingerprint density at radius 1 is 1.29 bits per heavy atom. The summed E-state index contributed by atoms with van der Waals surface area (Å²) in [7, 11) is 0. The van der Waals surface area contributed by atoms with E-state index < -0.39 is 6.43 Å². The summed E-state index contributed by atoms with van der Waals surface area (Å²) in [6.07, 6.45) is -2.43. The van der Waals surface area contributed by atoms with Crippen LogP contribution < -0.4 is 10.1 Å². The fourth-order valence-corrected chi connectivity index (χ4v) is 1.34. The van der Waals surface area contributed by atoms with Gasteiger partial charge in [-0.3, -0.25) is 0 Å². The molecule has 0 radical (unpaired) electrons. The second-order valence-corrected chi connectivity index (χ2v) is 3.69. The Bertz CT molecular complexity index is 345. The number of alkyl halides is 2. The third-order valence-electron chi connectivity index (χ3n) is 2.21. The van der Waals surface area contributed by atoms with Crippen molar-refractivity contribution < 1.29 is 17.9 Å². The molecular weight excluding hydrogens is 231 g/mol. The van der Waals surface area contributed by atoms with Crippen LogP contribution in [-0.4, -0.2) is 26.1 Å². The zero-order valence-corrected chi connectivity index (χ0v) is 9.68. The van der Waals surface area contributed by atoms with E-state index in [1.165, 1.54) is 12.1 Å². The number of benzene rings is 1. The van der Waals surface area contributed by atoms with Crippen LogP contribution in [0.5, 0.6) is 5.75 Å². The van der Waals surface area contributed by atoms with Crippen molar-refractivity contribution in [3.63, 3.8) is 0 Å². The lowest BCUT2D eigenvalue weighted by Crippen LogP contribution is -2.23. The van der Waals surface area contributed by atoms with E-state index >= 15 is 0 Å². The molecule has 1 N–H and O–H groups in total. The molecule has 0 fully saturated rings. The van der Waals surface area contributed by atoms with Crippen LogP contribution in [0.2, 0.25) is 0 Å². The van der Waals surface area contributed by atoms with Gasteiger partial charge in [-0.25, -0.2) is 13.2 Å². The predicted molar refractivity (Wildman–Crippen MR) is 60.1 cm³/mol. The molecule has 0 spiro atoms. The summed E-state index contributed by atoms with van der Waals surface area (Å²) < 4.78 is 41.7. The summed E-state index contributed by atoms with van der Waals surface area (Å²) >= 11 is 0. The second-order valence-electron chi connectivity index (χ2n) is 3.69. The zero-order valence-electron chi connectivity index (χ0n) is 9.68. The molecule has 0 heterocycles. The first kappa shape index (κ1) is 13.8. The fourth-order valence-electron chi connectivity index (χ4n) is 1.34. The quantitative estimate of drug-likeness (QED) is 0.748. The van der Waals surface area contributed by atoms with E-state index in [9.17, 15) is 13.2 Å². The Hall–Kier alpha value is -1.23. The lowest BCUT2D eigenvalue weighted by atomic mass is 10.2. The van der Waals surface area contributed by atoms with E-state index in [0.717, 1.165) is 5.56 Å². The highest BCUT2D eigenvalue weighted by Crippen LogP contribution is 2.17. The maximum atomic E-state index is 12.8. The monoisotopic (exact) mass is 247 g/mol. The maximum absolute atomic E-state index is 12.8.